The van der Waals surface area contributed by atoms with Crippen LogP contribution in [0, 0.1) is 0 Å². The number of rotatable bonds is 3. The van der Waals surface area contributed by atoms with Gasteiger partial charge >= 0.3 is 0 Å². The summed E-state index contributed by atoms with van der Waals surface area (Å²) in [6, 6.07) is 3.64. The van der Waals surface area contributed by atoms with E-state index >= 15 is 0 Å². The highest BCUT2D eigenvalue weighted by Gasteiger charge is 2.20. The number of nitrogens with one attached hydrogen (secondary N) is 1. The second-order valence-corrected chi connectivity index (χ2v) is 3.70. The molecule has 2 rings (SSSR count). The van der Waals surface area contributed by atoms with Gasteiger partial charge in [-0.15, -0.1) is 0 Å². The molecular formula is C10H12N2O2S. The molecule has 0 saturated carbocycles. The van der Waals surface area contributed by atoms with Gasteiger partial charge in [-0.1, -0.05) is 0 Å². The first-order valence-corrected chi connectivity index (χ1v) is 5.26. The normalized spacial score (nSPS) is 15.4. The molecule has 0 aliphatic heterocycles. The molecule has 2 atom stereocenters. The molecule has 3 N–H and O–H groups in total. The van der Waals surface area contributed by atoms with E-state index < -0.39 is 12.2 Å². The van der Waals surface area contributed by atoms with Crippen molar-refractivity contribution < 1.29 is 10.2 Å². The topological polar surface area (TPSA) is 69.1 Å². The van der Waals surface area contributed by atoms with Gasteiger partial charge in [-0.25, -0.2) is 4.98 Å². The Balaban J connectivity index is 2.43. The maximum atomic E-state index is 9.83. The lowest BCUT2D eigenvalue weighted by molar-refractivity contribution is 0.0347. The van der Waals surface area contributed by atoms with Gasteiger partial charge < -0.3 is 15.2 Å². The third kappa shape index (κ3) is 1.86. The quantitative estimate of drug-likeness (QED) is 0.585. The number of aliphatic hydroxyl groups is 2. The monoisotopic (exact) mass is 224 g/mol. The van der Waals surface area contributed by atoms with Crippen molar-refractivity contribution in [3.05, 3.63) is 30.1 Å². The number of thiol groups is 1. The molecule has 0 bridgehead atoms. The Kier molecular flexibility index (Phi) is 2.95. The third-order valence-electron chi connectivity index (χ3n) is 2.35. The highest BCUT2D eigenvalue weighted by molar-refractivity contribution is 7.80. The predicted molar refractivity (Wildman–Crippen MR) is 60.9 cm³/mol. The second kappa shape index (κ2) is 4.22. The van der Waals surface area contributed by atoms with Crippen LogP contribution in [-0.2, 0) is 0 Å². The number of hydrogen-bond acceptors (Lipinski definition) is 4. The number of aliphatic hydroxyl groups excluding tert-OH is 2. The lowest BCUT2D eigenvalue weighted by atomic mass is 10.1. The predicted octanol–water partition coefficient (Wildman–Crippen LogP) is 0.887. The summed E-state index contributed by atoms with van der Waals surface area (Å²) in [7, 11) is 0. The van der Waals surface area contributed by atoms with Gasteiger partial charge in [0.25, 0.3) is 0 Å². The van der Waals surface area contributed by atoms with Gasteiger partial charge in [0, 0.05) is 29.1 Å². The van der Waals surface area contributed by atoms with Crippen LogP contribution in [0.2, 0.25) is 0 Å². The summed E-state index contributed by atoms with van der Waals surface area (Å²) in [6.07, 6.45) is 1.53. The van der Waals surface area contributed by atoms with Crippen molar-refractivity contribution in [2.45, 2.75) is 12.2 Å². The Morgan fingerprint density at radius 3 is 3.00 bits per heavy atom. The van der Waals surface area contributed by atoms with E-state index in [1.54, 1.807) is 18.5 Å². The Bertz CT molecular complexity index is 457. The summed E-state index contributed by atoms with van der Waals surface area (Å²) in [6.45, 7) is 0. The summed E-state index contributed by atoms with van der Waals surface area (Å²) < 4.78 is 0. The smallest absolute Gasteiger partial charge is 0.137 e. The van der Waals surface area contributed by atoms with Crippen LogP contribution < -0.4 is 0 Å². The summed E-state index contributed by atoms with van der Waals surface area (Å²) >= 11 is 3.94. The molecule has 15 heavy (non-hydrogen) atoms. The molecule has 5 heteroatoms. The van der Waals surface area contributed by atoms with Crippen LogP contribution in [0.5, 0.6) is 0 Å². The first-order valence-electron chi connectivity index (χ1n) is 4.63. The number of aromatic nitrogens is 2. The molecule has 0 aromatic carbocycles. The maximum Gasteiger partial charge on any atom is 0.137 e. The fourth-order valence-corrected chi connectivity index (χ4v) is 1.73. The van der Waals surface area contributed by atoms with E-state index in [2.05, 4.69) is 22.6 Å². The number of aromatic amines is 1. The summed E-state index contributed by atoms with van der Waals surface area (Å²) in [5.74, 6) is 0.216. The molecule has 0 fully saturated rings. The van der Waals surface area contributed by atoms with Gasteiger partial charge in [-0.2, -0.15) is 12.6 Å². The van der Waals surface area contributed by atoms with Crippen molar-refractivity contribution in [2.75, 3.05) is 5.75 Å². The fraction of sp³-hybridized carbons (Fsp3) is 0.300. The number of hydrogen-bond donors (Lipinski definition) is 4. The van der Waals surface area contributed by atoms with Gasteiger partial charge in [0.2, 0.25) is 0 Å². The van der Waals surface area contributed by atoms with E-state index in [-0.39, 0.29) is 5.75 Å². The number of fused-ring (bicyclic) bond motifs is 1. The van der Waals surface area contributed by atoms with Crippen LogP contribution in [0.15, 0.2) is 24.5 Å². The van der Waals surface area contributed by atoms with E-state index in [1.807, 2.05) is 6.07 Å². The number of nitrogens with zero attached hydrogens (tertiary/aromatic N) is 1. The minimum Gasteiger partial charge on any atom is -0.389 e. The van der Waals surface area contributed by atoms with Crippen molar-refractivity contribution in [3.8, 4) is 0 Å². The minimum absolute atomic E-state index is 0.216. The zero-order valence-electron chi connectivity index (χ0n) is 7.96. The minimum atomic E-state index is -0.930. The van der Waals surface area contributed by atoms with Crippen molar-refractivity contribution in [1.82, 2.24) is 9.97 Å². The Labute approximate surface area is 92.4 Å². The molecule has 2 aromatic rings. The molecule has 2 unspecified atom stereocenters. The van der Waals surface area contributed by atoms with Crippen LogP contribution in [0.4, 0.5) is 0 Å². The Morgan fingerprint density at radius 2 is 2.27 bits per heavy atom. The van der Waals surface area contributed by atoms with Crippen molar-refractivity contribution >= 4 is 23.7 Å². The molecule has 2 aromatic heterocycles. The van der Waals surface area contributed by atoms with E-state index in [9.17, 15) is 10.2 Å². The van der Waals surface area contributed by atoms with Crippen LogP contribution >= 0.6 is 12.6 Å². The largest absolute Gasteiger partial charge is 0.389 e. The molecule has 0 amide bonds. The van der Waals surface area contributed by atoms with E-state index in [0.29, 0.717) is 11.2 Å². The number of H-pyrrole nitrogens is 1. The SMILES string of the molecule is OC(CS)C(O)c1c[nH]c2ncccc12. The molecule has 0 spiro atoms. The van der Waals surface area contributed by atoms with Crippen LogP contribution in [-0.4, -0.2) is 32.0 Å². The summed E-state index contributed by atoms with van der Waals surface area (Å²) in [5, 5.41) is 20.2. The number of pyridine rings is 1. The van der Waals surface area contributed by atoms with Crippen LogP contribution in [0.3, 0.4) is 0 Å². The maximum absolute atomic E-state index is 9.83. The van der Waals surface area contributed by atoms with Gasteiger partial charge in [0.05, 0.1) is 6.10 Å². The van der Waals surface area contributed by atoms with Crippen molar-refractivity contribution in [3.63, 3.8) is 0 Å². The molecule has 80 valence electrons. The Morgan fingerprint density at radius 1 is 1.47 bits per heavy atom. The van der Waals surface area contributed by atoms with Crippen LogP contribution in [0.1, 0.15) is 11.7 Å². The molecule has 0 saturated heterocycles. The third-order valence-corrected chi connectivity index (χ3v) is 2.73. The van der Waals surface area contributed by atoms with Crippen molar-refractivity contribution in [1.29, 1.82) is 0 Å². The van der Waals surface area contributed by atoms with Crippen LogP contribution in [0.25, 0.3) is 11.0 Å². The molecule has 2 heterocycles. The second-order valence-electron chi connectivity index (χ2n) is 3.34. The average molecular weight is 224 g/mol. The zero-order chi connectivity index (χ0) is 10.8. The molecule has 4 nitrogen and oxygen atoms in total. The highest BCUT2D eigenvalue weighted by atomic mass is 32.1. The molecule has 0 aliphatic rings. The lowest BCUT2D eigenvalue weighted by Crippen LogP contribution is -2.19. The lowest BCUT2D eigenvalue weighted by Gasteiger charge is -2.14. The van der Waals surface area contributed by atoms with Crippen molar-refractivity contribution in [2.24, 2.45) is 0 Å². The van der Waals surface area contributed by atoms with E-state index in [4.69, 9.17) is 0 Å². The first-order chi connectivity index (χ1) is 7.24. The molecular weight excluding hydrogens is 212 g/mol. The van der Waals surface area contributed by atoms with E-state index in [1.165, 1.54) is 0 Å². The highest BCUT2D eigenvalue weighted by Crippen LogP contribution is 2.25. The zero-order valence-corrected chi connectivity index (χ0v) is 8.85. The van der Waals surface area contributed by atoms with Gasteiger partial charge in [-0.05, 0) is 12.1 Å². The standard InChI is InChI=1S/C10H12N2O2S/c13-8(5-15)9(14)7-4-12-10-6(7)2-1-3-11-10/h1-4,8-9,13-15H,5H2,(H,11,12). The van der Waals surface area contributed by atoms with Gasteiger partial charge in [0.15, 0.2) is 0 Å². The Hall–Kier alpha value is -1.04. The van der Waals surface area contributed by atoms with Gasteiger partial charge in [-0.3, -0.25) is 0 Å². The molecule has 0 radical (unpaired) electrons. The average Bonchev–Trinajstić information content (AvgIpc) is 2.70. The summed E-state index contributed by atoms with van der Waals surface area (Å²) in [4.78, 5) is 7.04. The fourth-order valence-electron chi connectivity index (χ4n) is 1.53. The van der Waals surface area contributed by atoms with Gasteiger partial charge in [0.1, 0.15) is 11.8 Å². The summed E-state index contributed by atoms with van der Waals surface area (Å²) in [5.41, 5.74) is 1.36. The first kappa shape index (κ1) is 10.5. The van der Waals surface area contributed by atoms with E-state index in [0.717, 1.165) is 5.39 Å². The molecule has 0 aliphatic carbocycles.